The van der Waals surface area contributed by atoms with E-state index in [2.05, 4.69) is 48.3 Å². The molecule has 0 bridgehead atoms. The molecule has 0 spiro atoms. The molecule has 0 saturated heterocycles. The summed E-state index contributed by atoms with van der Waals surface area (Å²) in [4.78, 5) is 22.2. The van der Waals surface area contributed by atoms with Crippen LogP contribution in [0.3, 0.4) is 0 Å². The highest BCUT2D eigenvalue weighted by Gasteiger charge is 2.31. The van der Waals surface area contributed by atoms with Gasteiger partial charge in [0.25, 0.3) is 20.7 Å². The van der Waals surface area contributed by atoms with Crippen molar-refractivity contribution >= 4 is 67.7 Å². The molecule has 0 aliphatic carbocycles. The van der Waals surface area contributed by atoms with E-state index in [-0.39, 0.29) is 71.5 Å². The normalized spacial score (nSPS) is 25.0. The second-order valence-corrected chi connectivity index (χ2v) is 15.3. The Kier molecular flexibility index (Phi) is 33.8. The summed E-state index contributed by atoms with van der Waals surface area (Å²) >= 11 is 7.77. The van der Waals surface area contributed by atoms with Crippen molar-refractivity contribution in [3.8, 4) is 0 Å². The van der Waals surface area contributed by atoms with E-state index in [0.717, 1.165) is 65.4 Å². The minimum Gasteiger partial charge on any atom is -1.00 e. The first kappa shape index (κ1) is 52.5. The third kappa shape index (κ3) is 17.0. The Bertz CT molecular complexity index is 788. The van der Waals surface area contributed by atoms with Crippen LogP contribution in [0.5, 0.6) is 0 Å². The van der Waals surface area contributed by atoms with Gasteiger partial charge in [-0.2, -0.15) is 0 Å². The molecule has 0 amide bonds. The second kappa shape index (κ2) is 27.1. The molecule has 254 valence electrons. The molecule has 14 N–H and O–H groups in total. The molecule has 0 radical (unpaired) electrons. The monoisotopic (exact) mass is 758 g/mol. The smallest absolute Gasteiger partial charge is 0.258 e. The van der Waals surface area contributed by atoms with Gasteiger partial charge in [-0.05, 0) is 47.0 Å². The summed E-state index contributed by atoms with van der Waals surface area (Å²) in [6, 6.07) is 0. The molecule has 0 fully saturated rings. The topological polar surface area (TPSA) is 218 Å². The van der Waals surface area contributed by atoms with E-state index in [1.54, 1.807) is 0 Å². The Morgan fingerprint density at radius 2 is 0.833 bits per heavy atom. The molecule has 4 aliphatic heterocycles. The number of thioether (sulfide) groups is 4. The van der Waals surface area contributed by atoms with Crippen LogP contribution in [-0.4, -0.2) is 129 Å². The van der Waals surface area contributed by atoms with Crippen molar-refractivity contribution in [3.63, 3.8) is 0 Å². The maximum absolute atomic E-state index is 4.91. The van der Waals surface area contributed by atoms with Crippen molar-refractivity contribution in [1.29, 1.82) is 0 Å². The predicted octanol–water partition coefficient (Wildman–Crippen LogP) is -17.4. The summed E-state index contributed by atoms with van der Waals surface area (Å²) in [5.74, 6) is 0. The number of rotatable bonds is 9. The van der Waals surface area contributed by atoms with Crippen molar-refractivity contribution in [1.82, 2.24) is 0 Å². The van der Waals surface area contributed by atoms with E-state index in [4.69, 9.17) is 9.98 Å². The van der Waals surface area contributed by atoms with E-state index in [1.165, 1.54) is 30.5 Å². The average molecular weight is 761 g/mol. The fourth-order valence-corrected chi connectivity index (χ4v) is 8.24. The van der Waals surface area contributed by atoms with Crippen LogP contribution < -0.4 is 70.1 Å². The molecule has 0 aromatic rings. The highest BCUT2D eigenvalue weighted by molar-refractivity contribution is 8.14. The summed E-state index contributed by atoms with van der Waals surface area (Å²) in [5.41, 5.74) is 0. The molecule has 4 heterocycles. The van der Waals surface area contributed by atoms with Gasteiger partial charge < -0.3 is 71.5 Å². The molecular formula is C22H50Cl4N8O4S4. The van der Waals surface area contributed by atoms with Crippen LogP contribution in [0.1, 0.15) is 27.7 Å². The van der Waals surface area contributed by atoms with E-state index >= 15 is 0 Å². The summed E-state index contributed by atoms with van der Waals surface area (Å²) in [6.45, 7) is 19.4. The van der Waals surface area contributed by atoms with Crippen LogP contribution in [0.15, 0.2) is 20.0 Å². The molecule has 20 heteroatoms. The molecule has 12 nitrogen and oxygen atoms in total. The van der Waals surface area contributed by atoms with Crippen molar-refractivity contribution < 1.29 is 92.0 Å². The minimum atomic E-state index is 0. The van der Waals surface area contributed by atoms with E-state index in [9.17, 15) is 0 Å². The lowest BCUT2D eigenvalue weighted by Gasteiger charge is -2.22. The van der Waals surface area contributed by atoms with Crippen LogP contribution in [0.4, 0.5) is 0 Å². The number of hydrogen-bond donors (Lipinski definition) is 4. The fraction of sp³-hybridized carbons (Fsp3) is 0.818. The zero-order valence-corrected chi connectivity index (χ0v) is 30.8. The summed E-state index contributed by atoms with van der Waals surface area (Å²) < 4.78 is 0. The lowest BCUT2D eigenvalue weighted by Crippen LogP contribution is -3.24. The number of nitrogens with two attached hydrogens (primary N) is 2. The van der Waals surface area contributed by atoms with Crippen LogP contribution in [0, 0.1) is 0 Å². The molecule has 6 unspecified atom stereocenters. The number of hydrogen-bond acceptors (Lipinski definition) is 8. The van der Waals surface area contributed by atoms with Gasteiger partial charge in [0.15, 0.2) is 0 Å². The van der Waals surface area contributed by atoms with Crippen molar-refractivity contribution in [2.24, 2.45) is 20.0 Å². The molecule has 0 saturated carbocycles. The Labute approximate surface area is 292 Å². The minimum absolute atomic E-state index is 0. The van der Waals surface area contributed by atoms with Gasteiger partial charge in [-0.1, -0.05) is 27.7 Å². The first-order chi connectivity index (χ1) is 16.5. The number of halogens is 4. The Morgan fingerprint density at radius 3 is 1.10 bits per heavy atom. The summed E-state index contributed by atoms with van der Waals surface area (Å²) in [6.07, 6.45) is 0. The lowest BCUT2D eigenvalue weighted by atomic mass is 10.4. The van der Waals surface area contributed by atoms with Gasteiger partial charge in [-0.15, -0.1) is 0 Å². The average Bonchev–Trinajstić information content (AvgIpc) is 3.59. The largest absolute Gasteiger partial charge is 1.00 e. The zero-order chi connectivity index (χ0) is 23.9. The van der Waals surface area contributed by atoms with Gasteiger partial charge in [0.05, 0.1) is 26.2 Å². The first-order valence-corrected chi connectivity index (χ1v) is 16.2. The highest BCUT2D eigenvalue weighted by Crippen LogP contribution is 2.18. The molecule has 6 atom stereocenters. The molecule has 4 rings (SSSR count). The van der Waals surface area contributed by atoms with E-state index in [1.807, 2.05) is 47.0 Å². The summed E-state index contributed by atoms with van der Waals surface area (Å²) in [7, 11) is 0. The van der Waals surface area contributed by atoms with Gasteiger partial charge >= 0.3 is 0 Å². The van der Waals surface area contributed by atoms with Crippen molar-refractivity contribution in [2.45, 2.75) is 48.7 Å². The number of quaternary nitrogens is 4. The van der Waals surface area contributed by atoms with Crippen molar-refractivity contribution in [2.75, 3.05) is 65.4 Å². The summed E-state index contributed by atoms with van der Waals surface area (Å²) in [5, 5.41) is 12.2. The van der Waals surface area contributed by atoms with Gasteiger partial charge in [-0.3, -0.25) is 20.4 Å². The van der Waals surface area contributed by atoms with Crippen LogP contribution in [0.25, 0.3) is 0 Å². The quantitative estimate of drug-likeness (QED) is 0.180. The first-order valence-electron chi connectivity index (χ1n) is 12.7. The number of aliphatic imine (C=N–C) groups is 4. The Hall–Kier alpha value is 0.920. The Morgan fingerprint density at radius 1 is 0.524 bits per heavy atom. The molecule has 4 aliphatic rings. The fourth-order valence-electron chi connectivity index (χ4n) is 4.29. The number of nitrogens with zero attached hydrogens (tertiary/aromatic N) is 4. The van der Waals surface area contributed by atoms with E-state index in [0.29, 0.717) is 21.0 Å². The maximum Gasteiger partial charge on any atom is 0.258 e. The maximum atomic E-state index is 4.91. The zero-order valence-electron chi connectivity index (χ0n) is 24.5. The van der Waals surface area contributed by atoms with Crippen LogP contribution in [-0.2, 0) is 0 Å². The standard InChI is InChI=1S/C22H38N8S4.4ClH.4H2O/c1-15-11-25-19(31-15)23-5-7-29(21-27-13-17(3)33-21)9-10-30(22-28-14-18(4)34-22)8-6-24-20-26-12-16(2)32-20;;;;;;;;/h15-18H,5-14H2,1-4H3,(H,23,25)(H,24,26);4*1H;4*1H2. The Balaban J connectivity index is -0.000000570. The highest BCUT2D eigenvalue weighted by atomic mass is 35.5. The van der Waals surface area contributed by atoms with E-state index < -0.39 is 0 Å². The van der Waals surface area contributed by atoms with Gasteiger partial charge in [0.2, 0.25) is 0 Å². The van der Waals surface area contributed by atoms with Gasteiger partial charge in [-0.25, -0.2) is 20.0 Å². The molecule has 0 aromatic heterocycles. The molecule has 0 aromatic carbocycles. The van der Waals surface area contributed by atoms with Crippen LogP contribution >= 0.6 is 47.0 Å². The predicted molar refractivity (Wildman–Crippen MR) is 167 cm³/mol. The molecular weight excluding hydrogens is 710 g/mol. The lowest BCUT2D eigenvalue weighted by molar-refractivity contribution is -0.874. The van der Waals surface area contributed by atoms with Crippen LogP contribution in [0.2, 0.25) is 0 Å². The third-order valence-corrected chi connectivity index (χ3v) is 10.7. The molecule has 42 heavy (non-hydrogen) atoms. The second-order valence-electron chi connectivity index (χ2n) is 9.56. The third-order valence-electron chi connectivity index (χ3n) is 6.13. The van der Waals surface area contributed by atoms with Crippen molar-refractivity contribution in [3.05, 3.63) is 0 Å². The van der Waals surface area contributed by atoms with Gasteiger partial charge in [0, 0.05) is 21.0 Å². The van der Waals surface area contributed by atoms with Gasteiger partial charge in [0.1, 0.15) is 39.3 Å². The number of amidine groups is 4. The number of nitrogens with one attached hydrogen (secondary N) is 2. The SMILES string of the molecule is CC1CN=C([NH2+]CC[NH+](CC[NH+](CC[NH2+]C2=NCC(C)S2)C2=NCC(C)S2)C2=NCC(C)S2)S1.O.O.O.O.[Cl-].[Cl-].[Cl-].[Cl-].